The largest absolute Gasteiger partial charge is 0.307 e. The molecule has 2 heterocycles. The molecule has 5 nitrogen and oxygen atoms in total. The van der Waals surface area contributed by atoms with Crippen molar-refractivity contribution >= 4 is 51.0 Å². The molecule has 1 N–H and O–H groups in total. The van der Waals surface area contributed by atoms with Crippen molar-refractivity contribution in [3.8, 4) is 5.13 Å². The molecule has 0 atom stereocenters. The van der Waals surface area contributed by atoms with Crippen LogP contribution in [0.15, 0.2) is 60.7 Å². The second-order valence-electron chi connectivity index (χ2n) is 5.90. The van der Waals surface area contributed by atoms with E-state index in [1.165, 1.54) is 17.4 Å². The highest BCUT2D eigenvalue weighted by atomic mass is 35.5. The molecule has 0 aliphatic carbocycles. The van der Waals surface area contributed by atoms with E-state index < -0.39 is 0 Å². The summed E-state index contributed by atoms with van der Waals surface area (Å²) in [4.78, 5) is 16.9. The zero-order valence-electron chi connectivity index (χ0n) is 14.4. The molecule has 4 aromatic rings. The van der Waals surface area contributed by atoms with Gasteiger partial charge in [-0.05, 0) is 30.7 Å². The Morgan fingerprint density at radius 2 is 2.00 bits per heavy atom. The molecule has 27 heavy (non-hydrogen) atoms. The van der Waals surface area contributed by atoms with E-state index in [0.717, 1.165) is 21.5 Å². The minimum atomic E-state index is -0.237. The Hall–Kier alpha value is -2.96. The van der Waals surface area contributed by atoms with E-state index >= 15 is 0 Å². The first-order valence-electron chi connectivity index (χ1n) is 8.26. The fourth-order valence-corrected chi connectivity index (χ4v) is 3.86. The number of rotatable bonds is 4. The van der Waals surface area contributed by atoms with Crippen LogP contribution in [0, 0.1) is 6.92 Å². The Bertz CT molecular complexity index is 1150. The van der Waals surface area contributed by atoms with Gasteiger partial charge in [0, 0.05) is 12.1 Å². The van der Waals surface area contributed by atoms with Crippen LogP contribution in [0.3, 0.4) is 0 Å². The Labute approximate surface area is 164 Å². The maximum absolute atomic E-state index is 12.3. The summed E-state index contributed by atoms with van der Waals surface area (Å²) in [5.74, 6) is 0.324. The molecular weight excluding hydrogens is 380 g/mol. The van der Waals surface area contributed by atoms with Gasteiger partial charge in [0.05, 0.1) is 15.4 Å². The summed E-state index contributed by atoms with van der Waals surface area (Å²) in [6.07, 6.45) is 3.26. The zero-order chi connectivity index (χ0) is 18.8. The molecule has 0 radical (unpaired) electrons. The first-order chi connectivity index (χ1) is 13.1. The number of fused-ring (bicyclic) bond motifs is 1. The third-order valence-corrected chi connectivity index (χ3v) is 5.15. The van der Waals surface area contributed by atoms with Gasteiger partial charge in [0.2, 0.25) is 11.0 Å². The van der Waals surface area contributed by atoms with Gasteiger partial charge in [-0.15, -0.1) is 0 Å². The lowest BCUT2D eigenvalue weighted by atomic mass is 10.2. The number of carbonyl (C=O) groups is 1. The molecule has 7 heteroatoms. The molecule has 0 aliphatic rings. The number of anilines is 1. The van der Waals surface area contributed by atoms with E-state index in [2.05, 4.69) is 15.4 Å². The third-order valence-electron chi connectivity index (χ3n) is 3.85. The molecule has 0 saturated carbocycles. The van der Waals surface area contributed by atoms with Gasteiger partial charge >= 0.3 is 0 Å². The maximum Gasteiger partial charge on any atom is 0.249 e. The van der Waals surface area contributed by atoms with Crippen molar-refractivity contribution in [2.24, 2.45) is 0 Å². The average molecular weight is 395 g/mol. The van der Waals surface area contributed by atoms with Gasteiger partial charge < -0.3 is 5.32 Å². The predicted molar refractivity (Wildman–Crippen MR) is 111 cm³/mol. The van der Waals surface area contributed by atoms with Crippen molar-refractivity contribution < 1.29 is 4.79 Å². The number of para-hydroxylation sites is 1. The monoisotopic (exact) mass is 394 g/mol. The van der Waals surface area contributed by atoms with E-state index in [4.69, 9.17) is 11.6 Å². The first-order valence-corrected chi connectivity index (χ1v) is 9.46. The highest BCUT2D eigenvalue weighted by Crippen LogP contribution is 2.31. The van der Waals surface area contributed by atoms with Gasteiger partial charge in [0.1, 0.15) is 11.3 Å². The van der Waals surface area contributed by atoms with E-state index in [-0.39, 0.29) is 5.91 Å². The van der Waals surface area contributed by atoms with E-state index in [1.54, 1.807) is 16.8 Å². The molecular formula is C20H15ClN4OS. The molecule has 4 rings (SSSR count). The standard InChI is InChI=1S/C20H15ClN4OS/c1-13-12-17(22-18(26)11-10-14-6-3-2-4-7-14)25(24-13)20-23-19-15(21)8-5-9-16(19)27-20/h2-12H,1H3,(H,22,26)/b11-10+. The Balaban J connectivity index is 1.62. The van der Waals surface area contributed by atoms with Crippen LogP contribution in [0.4, 0.5) is 5.82 Å². The number of halogens is 1. The molecule has 1 amide bonds. The van der Waals surface area contributed by atoms with Crippen molar-refractivity contribution in [1.82, 2.24) is 14.8 Å². The van der Waals surface area contributed by atoms with E-state index in [9.17, 15) is 4.79 Å². The third kappa shape index (κ3) is 3.77. The molecule has 0 bridgehead atoms. The second-order valence-corrected chi connectivity index (χ2v) is 7.32. The smallest absolute Gasteiger partial charge is 0.249 e. The molecule has 0 spiro atoms. The Kier molecular flexibility index (Phi) is 4.75. The highest BCUT2D eigenvalue weighted by Gasteiger charge is 2.14. The van der Waals surface area contributed by atoms with Crippen LogP contribution < -0.4 is 5.32 Å². The predicted octanol–water partition coefficient (Wildman–Crippen LogP) is 5.10. The van der Waals surface area contributed by atoms with E-state index in [1.807, 2.05) is 55.5 Å². The summed E-state index contributed by atoms with van der Waals surface area (Å²) in [5, 5.41) is 8.57. The van der Waals surface area contributed by atoms with Crippen molar-refractivity contribution in [1.29, 1.82) is 0 Å². The Morgan fingerprint density at radius 1 is 1.19 bits per heavy atom. The van der Waals surface area contributed by atoms with Gasteiger partial charge in [0.25, 0.3) is 0 Å². The van der Waals surface area contributed by atoms with Crippen LogP contribution in [0.2, 0.25) is 5.02 Å². The van der Waals surface area contributed by atoms with Crippen LogP contribution in [0.25, 0.3) is 21.4 Å². The number of nitrogens with one attached hydrogen (secondary N) is 1. The molecule has 2 aromatic carbocycles. The number of benzene rings is 2. The topological polar surface area (TPSA) is 59.8 Å². The van der Waals surface area contributed by atoms with Gasteiger partial charge in [-0.1, -0.05) is 59.3 Å². The van der Waals surface area contributed by atoms with Crippen LogP contribution in [-0.2, 0) is 4.79 Å². The number of amides is 1. The number of carbonyl (C=O) groups excluding carboxylic acids is 1. The lowest BCUT2D eigenvalue weighted by Gasteiger charge is -2.04. The minimum Gasteiger partial charge on any atom is -0.307 e. The summed E-state index contributed by atoms with van der Waals surface area (Å²) >= 11 is 7.69. The van der Waals surface area contributed by atoms with Crippen molar-refractivity contribution in [2.45, 2.75) is 6.92 Å². The van der Waals surface area contributed by atoms with Gasteiger partial charge in [-0.2, -0.15) is 9.78 Å². The summed E-state index contributed by atoms with van der Waals surface area (Å²) in [6, 6.07) is 17.1. The van der Waals surface area contributed by atoms with Gasteiger partial charge in [-0.3, -0.25) is 4.79 Å². The minimum absolute atomic E-state index is 0.237. The van der Waals surface area contributed by atoms with Crippen LogP contribution in [0.1, 0.15) is 11.3 Å². The molecule has 0 fully saturated rings. The summed E-state index contributed by atoms with van der Waals surface area (Å²) < 4.78 is 2.59. The highest BCUT2D eigenvalue weighted by molar-refractivity contribution is 7.20. The quantitative estimate of drug-likeness (QED) is 0.490. The van der Waals surface area contributed by atoms with Crippen LogP contribution in [-0.4, -0.2) is 20.7 Å². The van der Waals surface area contributed by atoms with Crippen LogP contribution >= 0.6 is 22.9 Å². The lowest BCUT2D eigenvalue weighted by molar-refractivity contribution is -0.111. The molecule has 0 unspecified atom stereocenters. The van der Waals surface area contributed by atoms with Crippen LogP contribution in [0.5, 0.6) is 0 Å². The first kappa shape index (κ1) is 17.5. The second kappa shape index (κ2) is 7.34. The zero-order valence-corrected chi connectivity index (χ0v) is 16.0. The maximum atomic E-state index is 12.3. The summed E-state index contributed by atoms with van der Waals surface area (Å²) in [7, 11) is 0. The number of hydrogen-bond donors (Lipinski definition) is 1. The molecule has 134 valence electrons. The Morgan fingerprint density at radius 3 is 2.78 bits per heavy atom. The SMILES string of the molecule is Cc1cc(NC(=O)/C=C/c2ccccc2)n(-c2nc3c(Cl)cccc3s2)n1. The van der Waals surface area contributed by atoms with Crippen molar-refractivity contribution in [2.75, 3.05) is 5.32 Å². The fraction of sp³-hybridized carbons (Fsp3) is 0.0500. The molecule has 0 saturated heterocycles. The van der Waals surface area contributed by atoms with Gasteiger partial charge in [-0.25, -0.2) is 4.98 Å². The van der Waals surface area contributed by atoms with Gasteiger partial charge in [0.15, 0.2) is 0 Å². The molecule has 0 aliphatic heterocycles. The van der Waals surface area contributed by atoms with E-state index in [0.29, 0.717) is 16.0 Å². The van der Waals surface area contributed by atoms with Crippen molar-refractivity contribution in [3.63, 3.8) is 0 Å². The van der Waals surface area contributed by atoms with Crippen molar-refractivity contribution in [3.05, 3.63) is 77.0 Å². The number of aromatic nitrogens is 3. The summed E-state index contributed by atoms with van der Waals surface area (Å²) in [6.45, 7) is 1.87. The number of nitrogens with zero attached hydrogens (tertiary/aromatic N) is 3. The number of thiazole rings is 1. The number of aryl methyl sites for hydroxylation is 1. The average Bonchev–Trinajstić information content (AvgIpc) is 3.25. The lowest BCUT2D eigenvalue weighted by Crippen LogP contribution is -2.12. The fourth-order valence-electron chi connectivity index (χ4n) is 2.63. The number of hydrogen-bond acceptors (Lipinski definition) is 4. The summed E-state index contributed by atoms with van der Waals surface area (Å²) in [5.41, 5.74) is 2.47. The normalized spacial score (nSPS) is 11.3. The molecule has 2 aromatic heterocycles.